The van der Waals surface area contributed by atoms with Crippen LogP contribution in [0, 0.1) is 5.92 Å². The predicted octanol–water partition coefficient (Wildman–Crippen LogP) is 3.71. The topological polar surface area (TPSA) is 58.5 Å². The number of hydrogen-bond acceptors (Lipinski definition) is 5. The molecule has 0 saturated carbocycles. The number of aromatic nitrogens is 2. The van der Waals surface area contributed by atoms with Crippen LogP contribution in [0.2, 0.25) is 0 Å². The van der Waals surface area contributed by atoms with Crippen molar-refractivity contribution in [1.29, 1.82) is 0 Å². The molecule has 1 aliphatic rings. The summed E-state index contributed by atoms with van der Waals surface area (Å²) in [7, 11) is 1.67. The van der Waals surface area contributed by atoms with Crippen molar-refractivity contribution in [2.24, 2.45) is 5.92 Å². The lowest BCUT2D eigenvalue weighted by molar-refractivity contribution is 0.282. The van der Waals surface area contributed by atoms with Crippen LogP contribution in [0.1, 0.15) is 17.5 Å². The number of aliphatic hydroxyl groups excluding tert-OH is 1. The fourth-order valence-electron chi connectivity index (χ4n) is 3.82. The Hall–Kier alpha value is -2.92. The molecule has 1 aromatic heterocycles. The third kappa shape index (κ3) is 3.99. The molecule has 4 rings (SSSR count). The Balaban J connectivity index is 1.41. The van der Waals surface area contributed by atoms with Crippen LogP contribution in [0.3, 0.4) is 0 Å². The van der Waals surface area contributed by atoms with Gasteiger partial charge in [-0.15, -0.1) is 10.2 Å². The molecule has 0 bridgehead atoms. The minimum Gasteiger partial charge on any atom is -0.496 e. The first-order valence-corrected chi connectivity index (χ1v) is 9.67. The number of ether oxygens (including phenoxy) is 1. The van der Waals surface area contributed by atoms with Gasteiger partial charge in [0, 0.05) is 18.7 Å². The van der Waals surface area contributed by atoms with Gasteiger partial charge in [-0.05, 0) is 54.2 Å². The molecule has 2 heterocycles. The van der Waals surface area contributed by atoms with Gasteiger partial charge in [-0.1, -0.05) is 36.4 Å². The van der Waals surface area contributed by atoms with E-state index in [2.05, 4.69) is 27.2 Å². The van der Waals surface area contributed by atoms with Crippen LogP contribution in [0.25, 0.3) is 11.3 Å². The average Bonchev–Trinajstić information content (AvgIpc) is 3.23. The molecule has 1 aliphatic heterocycles. The number of hydrogen-bond donors (Lipinski definition) is 1. The summed E-state index contributed by atoms with van der Waals surface area (Å²) >= 11 is 0. The monoisotopic (exact) mass is 375 g/mol. The molecular formula is C23H25N3O2. The number of rotatable bonds is 6. The van der Waals surface area contributed by atoms with Gasteiger partial charge >= 0.3 is 0 Å². The van der Waals surface area contributed by atoms with Crippen LogP contribution in [0.4, 0.5) is 5.82 Å². The Morgan fingerprint density at radius 2 is 1.79 bits per heavy atom. The van der Waals surface area contributed by atoms with E-state index in [9.17, 15) is 0 Å². The molecule has 0 spiro atoms. The SMILES string of the molecule is COc1ccccc1-c1ccc(N2CCC(Cc3ccc(CO)cc3)C2)nn1. The van der Waals surface area contributed by atoms with E-state index in [0.29, 0.717) is 5.92 Å². The summed E-state index contributed by atoms with van der Waals surface area (Å²) in [6, 6.07) is 20.2. The lowest BCUT2D eigenvalue weighted by atomic mass is 9.98. The van der Waals surface area contributed by atoms with Crippen molar-refractivity contribution in [3.05, 3.63) is 71.8 Å². The minimum atomic E-state index is 0.0982. The Kier molecular flexibility index (Phi) is 5.53. The molecule has 0 aliphatic carbocycles. The molecule has 5 heteroatoms. The van der Waals surface area contributed by atoms with Crippen molar-refractivity contribution in [2.75, 3.05) is 25.1 Å². The third-order valence-electron chi connectivity index (χ3n) is 5.37. The quantitative estimate of drug-likeness (QED) is 0.712. The minimum absolute atomic E-state index is 0.0982. The fraction of sp³-hybridized carbons (Fsp3) is 0.304. The molecule has 1 N–H and O–H groups in total. The van der Waals surface area contributed by atoms with Gasteiger partial charge < -0.3 is 14.7 Å². The first-order chi connectivity index (χ1) is 13.8. The van der Waals surface area contributed by atoms with E-state index in [0.717, 1.165) is 54.3 Å². The lowest BCUT2D eigenvalue weighted by Crippen LogP contribution is -2.21. The van der Waals surface area contributed by atoms with Crippen LogP contribution >= 0.6 is 0 Å². The van der Waals surface area contributed by atoms with E-state index in [-0.39, 0.29) is 6.61 Å². The summed E-state index contributed by atoms with van der Waals surface area (Å²) in [4.78, 5) is 2.31. The smallest absolute Gasteiger partial charge is 0.151 e. The average molecular weight is 375 g/mol. The summed E-state index contributed by atoms with van der Waals surface area (Å²) < 4.78 is 5.42. The summed E-state index contributed by atoms with van der Waals surface area (Å²) in [5, 5.41) is 18.1. The second kappa shape index (κ2) is 8.40. The number of nitrogens with zero attached hydrogens (tertiary/aromatic N) is 3. The molecule has 1 fully saturated rings. The van der Waals surface area contributed by atoms with E-state index in [1.807, 2.05) is 48.5 Å². The highest BCUT2D eigenvalue weighted by atomic mass is 16.5. The van der Waals surface area contributed by atoms with Crippen LogP contribution in [-0.4, -0.2) is 35.5 Å². The van der Waals surface area contributed by atoms with Gasteiger partial charge in [-0.3, -0.25) is 0 Å². The normalized spacial score (nSPS) is 16.4. The Morgan fingerprint density at radius 1 is 1.00 bits per heavy atom. The molecule has 0 radical (unpaired) electrons. The highest BCUT2D eigenvalue weighted by molar-refractivity contribution is 5.67. The maximum Gasteiger partial charge on any atom is 0.151 e. The van der Waals surface area contributed by atoms with Crippen molar-refractivity contribution in [1.82, 2.24) is 10.2 Å². The summed E-state index contributed by atoms with van der Waals surface area (Å²) in [5.74, 6) is 2.34. The van der Waals surface area contributed by atoms with Crippen molar-refractivity contribution < 1.29 is 9.84 Å². The molecule has 28 heavy (non-hydrogen) atoms. The molecule has 0 amide bonds. The van der Waals surface area contributed by atoms with Gasteiger partial charge in [-0.25, -0.2) is 0 Å². The second-order valence-electron chi connectivity index (χ2n) is 7.26. The maximum atomic E-state index is 9.17. The van der Waals surface area contributed by atoms with E-state index in [1.54, 1.807) is 7.11 Å². The lowest BCUT2D eigenvalue weighted by Gasteiger charge is -2.17. The van der Waals surface area contributed by atoms with E-state index >= 15 is 0 Å². The van der Waals surface area contributed by atoms with Crippen LogP contribution in [-0.2, 0) is 13.0 Å². The maximum absolute atomic E-state index is 9.17. The van der Waals surface area contributed by atoms with Gasteiger partial charge in [0.05, 0.1) is 19.4 Å². The van der Waals surface area contributed by atoms with E-state index in [4.69, 9.17) is 9.84 Å². The van der Waals surface area contributed by atoms with Crippen molar-refractivity contribution in [3.63, 3.8) is 0 Å². The van der Waals surface area contributed by atoms with Crippen LogP contribution in [0.5, 0.6) is 5.75 Å². The Morgan fingerprint density at radius 3 is 2.50 bits per heavy atom. The summed E-state index contributed by atoms with van der Waals surface area (Å²) in [5.41, 5.74) is 4.06. The molecule has 1 saturated heterocycles. The van der Waals surface area contributed by atoms with Crippen molar-refractivity contribution >= 4 is 5.82 Å². The summed E-state index contributed by atoms with van der Waals surface area (Å²) in [6.45, 7) is 2.09. The largest absolute Gasteiger partial charge is 0.496 e. The Labute approximate surface area is 165 Å². The fourth-order valence-corrected chi connectivity index (χ4v) is 3.82. The van der Waals surface area contributed by atoms with Crippen molar-refractivity contribution in [2.45, 2.75) is 19.4 Å². The molecule has 2 aromatic carbocycles. The predicted molar refractivity (Wildman–Crippen MR) is 110 cm³/mol. The first kappa shape index (κ1) is 18.4. The Bertz CT molecular complexity index is 910. The summed E-state index contributed by atoms with van der Waals surface area (Å²) in [6.07, 6.45) is 2.20. The number of aliphatic hydroxyl groups is 1. The van der Waals surface area contributed by atoms with Gasteiger partial charge in [0.1, 0.15) is 5.75 Å². The highest BCUT2D eigenvalue weighted by Crippen LogP contribution is 2.29. The highest BCUT2D eigenvalue weighted by Gasteiger charge is 2.24. The van der Waals surface area contributed by atoms with Crippen molar-refractivity contribution in [3.8, 4) is 17.0 Å². The zero-order valence-electron chi connectivity index (χ0n) is 16.1. The molecule has 1 unspecified atom stereocenters. The first-order valence-electron chi connectivity index (χ1n) is 9.67. The van der Waals surface area contributed by atoms with Gasteiger partial charge in [0.25, 0.3) is 0 Å². The standard InChI is InChI=1S/C23H25N3O2/c1-28-22-5-3-2-4-20(22)21-10-11-23(25-24-21)26-13-12-19(15-26)14-17-6-8-18(16-27)9-7-17/h2-11,19,27H,12-16H2,1H3. The third-order valence-corrected chi connectivity index (χ3v) is 5.37. The van der Waals surface area contributed by atoms with Gasteiger partial charge in [0.2, 0.25) is 0 Å². The molecule has 144 valence electrons. The zero-order chi connectivity index (χ0) is 19.3. The van der Waals surface area contributed by atoms with E-state index in [1.165, 1.54) is 5.56 Å². The number of anilines is 1. The number of benzene rings is 2. The second-order valence-corrected chi connectivity index (χ2v) is 7.26. The molecule has 5 nitrogen and oxygen atoms in total. The molecular weight excluding hydrogens is 350 g/mol. The number of methoxy groups -OCH3 is 1. The van der Waals surface area contributed by atoms with Gasteiger partial charge in [0.15, 0.2) is 5.82 Å². The zero-order valence-corrected chi connectivity index (χ0v) is 16.1. The van der Waals surface area contributed by atoms with Crippen LogP contribution < -0.4 is 9.64 Å². The van der Waals surface area contributed by atoms with E-state index < -0.39 is 0 Å². The number of para-hydroxylation sites is 1. The molecule has 3 aromatic rings. The molecule has 1 atom stereocenters. The van der Waals surface area contributed by atoms with Gasteiger partial charge in [-0.2, -0.15) is 0 Å². The van der Waals surface area contributed by atoms with Crippen LogP contribution in [0.15, 0.2) is 60.7 Å².